The fourth-order valence-electron chi connectivity index (χ4n) is 1.62. The van der Waals surface area contributed by atoms with Crippen molar-refractivity contribution in [2.75, 3.05) is 38.1 Å². The smallest absolute Gasteiger partial charge is 0.309 e. The van der Waals surface area contributed by atoms with Gasteiger partial charge in [0.15, 0.2) is 12.1 Å². The molecule has 0 aromatic carbocycles. The fourth-order valence-corrected chi connectivity index (χ4v) is 1.62. The van der Waals surface area contributed by atoms with Crippen molar-refractivity contribution < 1.29 is 24.0 Å². The summed E-state index contributed by atoms with van der Waals surface area (Å²) in [5.74, 6) is -0.494. The number of aromatic nitrogens is 4. The minimum Gasteiger partial charge on any atom is -0.375 e. The predicted octanol–water partition coefficient (Wildman–Crippen LogP) is -1.06. The van der Waals surface area contributed by atoms with Crippen LogP contribution in [0, 0.1) is 0 Å². The van der Waals surface area contributed by atoms with E-state index < -0.39 is 5.91 Å². The van der Waals surface area contributed by atoms with Gasteiger partial charge in [-0.05, 0) is 0 Å². The predicted molar refractivity (Wildman–Crippen MR) is 71.5 cm³/mol. The molecule has 4 N–H and O–H groups in total. The summed E-state index contributed by atoms with van der Waals surface area (Å²) in [6, 6.07) is 0. The Morgan fingerprint density at radius 1 is 1.19 bits per heavy atom. The van der Waals surface area contributed by atoms with E-state index in [-0.39, 0.29) is 30.9 Å². The van der Waals surface area contributed by atoms with Crippen LogP contribution in [0.3, 0.4) is 0 Å². The van der Waals surface area contributed by atoms with Crippen LogP contribution >= 0.6 is 0 Å². The lowest BCUT2D eigenvalue weighted by molar-refractivity contribution is -0.347. The lowest BCUT2D eigenvalue weighted by Crippen LogP contribution is -2.22. The number of imidazole rings is 1. The van der Waals surface area contributed by atoms with Crippen molar-refractivity contribution in [1.29, 1.82) is 0 Å². The lowest BCUT2D eigenvalue weighted by Gasteiger charge is -2.04. The van der Waals surface area contributed by atoms with Gasteiger partial charge in [0, 0.05) is 14.2 Å². The molecule has 2 aromatic heterocycles. The van der Waals surface area contributed by atoms with Crippen LogP contribution in [0.1, 0.15) is 0 Å². The van der Waals surface area contributed by atoms with Gasteiger partial charge in [0.2, 0.25) is 5.52 Å². The van der Waals surface area contributed by atoms with Crippen molar-refractivity contribution in [3.63, 3.8) is 0 Å². The first-order valence-corrected chi connectivity index (χ1v) is 5.98. The third kappa shape index (κ3) is 3.70. The first-order valence-electron chi connectivity index (χ1n) is 5.98. The highest BCUT2D eigenvalue weighted by Crippen LogP contribution is 2.16. The highest BCUT2D eigenvalue weighted by atomic mass is 16.5. The number of ether oxygens (including phenoxy) is 2. The number of carbonyl (C=O) groups is 2. The van der Waals surface area contributed by atoms with E-state index in [1.165, 1.54) is 20.5 Å². The van der Waals surface area contributed by atoms with Gasteiger partial charge in [-0.2, -0.15) is 4.98 Å². The Kier molecular flexibility index (Phi) is 4.74. The van der Waals surface area contributed by atoms with Crippen LogP contribution in [-0.4, -0.2) is 54.2 Å². The molecule has 10 nitrogen and oxygen atoms in total. The molecule has 0 radical (unpaired) electrons. The topological polar surface area (TPSA) is 132 Å². The maximum Gasteiger partial charge on any atom is 0.309 e. The minimum atomic E-state index is -0.401. The molecule has 2 rings (SSSR count). The van der Waals surface area contributed by atoms with Gasteiger partial charge in [-0.25, -0.2) is 4.98 Å². The number of amides is 2. The standard InChI is InChI=1S/C11H14N6O4/c1-20-3-6(18)14-10-8-9(13-5-12-8)16-11(17-10)15-7(19)4-21-2/h5H,3-4H2,1-2H3,(H3,12,13,14,15,16,17,18,19)/p+1. The summed E-state index contributed by atoms with van der Waals surface area (Å²) in [7, 11) is 2.81. The Bertz CT molecular complexity index is 655. The van der Waals surface area contributed by atoms with Crippen molar-refractivity contribution in [2.45, 2.75) is 0 Å². The summed E-state index contributed by atoms with van der Waals surface area (Å²) in [5.41, 5.74) is 0.939. The summed E-state index contributed by atoms with van der Waals surface area (Å²) >= 11 is 0. The largest absolute Gasteiger partial charge is 0.375 e. The first-order chi connectivity index (χ1) is 10.1. The molecule has 0 fully saturated rings. The van der Waals surface area contributed by atoms with E-state index in [4.69, 9.17) is 9.47 Å². The van der Waals surface area contributed by atoms with Gasteiger partial charge in [-0.15, -0.1) is 0 Å². The minimum absolute atomic E-state index is 0.0492. The van der Waals surface area contributed by atoms with Crippen LogP contribution in [0.25, 0.3) is 11.2 Å². The molecule has 2 aromatic rings. The van der Waals surface area contributed by atoms with Gasteiger partial charge in [0.05, 0.1) is 0 Å². The zero-order valence-corrected chi connectivity index (χ0v) is 11.5. The Morgan fingerprint density at radius 2 is 1.86 bits per heavy atom. The Hall–Kier alpha value is -2.59. The third-order valence-corrected chi connectivity index (χ3v) is 2.39. The SMILES string of the molecule is COCC(=O)Nc1nc(NC(=O)COC)c2[nH]c[nH+]c2n1. The maximum atomic E-state index is 11.6. The molecule has 2 amide bonds. The molecule has 112 valence electrons. The number of H-pyrrole nitrogens is 2. The molecule has 0 aliphatic carbocycles. The van der Waals surface area contributed by atoms with Crippen LogP contribution in [0.2, 0.25) is 0 Å². The third-order valence-electron chi connectivity index (χ3n) is 2.39. The van der Waals surface area contributed by atoms with E-state index in [9.17, 15) is 9.59 Å². The number of hydrogen-bond donors (Lipinski definition) is 3. The average Bonchev–Trinajstić information content (AvgIpc) is 2.87. The molecular formula is C11H15N6O4+. The number of fused-ring (bicyclic) bond motifs is 1. The molecule has 0 saturated carbocycles. The molecule has 0 aliphatic heterocycles. The van der Waals surface area contributed by atoms with Crippen LogP contribution < -0.4 is 15.6 Å². The molecular weight excluding hydrogens is 280 g/mol. The van der Waals surface area contributed by atoms with Crippen molar-refractivity contribution in [1.82, 2.24) is 15.0 Å². The second-order valence-corrected chi connectivity index (χ2v) is 4.01. The molecule has 0 unspecified atom stereocenters. The Labute approximate surface area is 119 Å². The Balaban J connectivity index is 2.27. The van der Waals surface area contributed by atoms with E-state index in [1.54, 1.807) is 0 Å². The molecule has 10 heteroatoms. The molecule has 0 aliphatic rings. The molecule has 2 heterocycles. The van der Waals surface area contributed by atoms with Crippen molar-refractivity contribution in [3.05, 3.63) is 6.33 Å². The van der Waals surface area contributed by atoms with Crippen LogP contribution in [0.4, 0.5) is 11.8 Å². The van der Waals surface area contributed by atoms with Gasteiger partial charge >= 0.3 is 11.6 Å². The molecule has 0 saturated heterocycles. The summed E-state index contributed by atoms with van der Waals surface area (Å²) < 4.78 is 9.44. The Morgan fingerprint density at radius 3 is 2.52 bits per heavy atom. The highest BCUT2D eigenvalue weighted by Gasteiger charge is 2.18. The normalized spacial score (nSPS) is 10.6. The van der Waals surface area contributed by atoms with Gasteiger partial charge in [-0.3, -0.25) is 19.9 Å². The van der Waals surface area contributed by atoms with E-state index >= 15 is 0 Å². The summed E-state index contributed by atoms with van der Waals surface area (Å²) in [5, 5.41) is 5.04. The van der Waals surface area contributed by atoms with E-state index in [0.717, 1.165) is 0 Å². The molecule has 0 spiro atoms. The van der Waals surface area contributed by atoms with Crippen LogP contribution in [-0.2, 0) is 19.1 Å². The monoisotopic (exact) mass is 295 g/mol. The molecule has 0 atom stereocenters. The second-order valence-electron chi connectivity index (χ2n) is 4.01. The maximum absolute atomic E-state index is 11.6. The van der Waals surface area contributed by atoms with Crippen molar-refractivity contribution >= 4 is 34.7 Å². The van der Waals surface area contributed by atoms with Crippen LogP contribution in [0.15, 0.2) is 6.33 Å². The van der Waals surface area contributed by atoms with E-state index in [0.29, 0.717) is 11.2 Å². The summed E-state index contributed by atoms with van der Waals surface area (Å²) in [6.07, 6.45) is 1.53. The molecule has 21 heavy (non-hydrogen) atoms. The summed E-state index contributed by atoms with van der Waals surface area (Å²) in [6.45, 7) is -0.231. The van der Waals surface area contributed by atoms with Gasteiger partial charge in [0.25, 0.3) is 11.8 Å². The number of aromatic amines is 2. The number of methoxy groups -OCH3 is 2. The number of nitrogens with zero attached hydrogens (tertiary/aromatic N) is 2. The highest BCUT2D eigenvalue weighted by molar-refractivity contribution is 5.98. The van der Waals surface area contributed by atoms with Gasteiger partial charge in [-0.1, -0.05) is 4.98 Å². The zero-order chi connectivity index (χ0) is 15.2. The first kappa shape index (κ1) is 14.8. The number of nitrogens with one attached hydrogen (secondary N) is 4. The van der Waals surface area contributed by atoms with Crippen LogP contribution in [0.5, 0.6) is 0 Å². The molecule has 0 bridgehead atoms. The van der Waals surface area contributed by atoms with Crippen molar-refractivity contribution in [3.8, 4) is 0 Å². The fraction of sp³-hybridized carbons (Fsp3) is 0.364. The quantitative estimate of drug-likeness (QED) is 0.622. The summed E-state index contributed by atoms with van der Waals surface area (Å²) in [4.78, 5) is 37.0. The second kappa shape index (κ2) is 6.72. The lowest BCUT2D eigenvalue weighted by atomic mass is 10.4. The van der Waals surface area contributed by atoms with E-state index in [2.05, 4.69) is 30.6 Å². The number of rotatable bonds is 6. The van der Waals surface area contributed by atoms with Crippen molar-refractivity contribution in [2.24, 2.45) is 0 Å². The van der Waals surface area contributed by atoms with Gasteiger partial charge in [0.1, 0.15) is 13.2 Å². The van der Waals surface area contributed by atoms with E-state index in [1.807, 2.05) is 0 Å². The average molecular weight is 295 g/mol. The number of carbonyl (C=O) groups excluding carboxylic acids is 2. The number of hydrogen-bond acceptors (Lipinski definition) is 6. The number of anilines is 2. The van der Waals surface area contributed by atoms with Gasteiger partial charge < -0.3 is 14.8 Å². The zero-order valence-electron chi connectivity index (χ0n) is 11.5.